The number of hydrogen-bond donors (Lipinski definition) is 1. The zero-order chi connectivity index (χ0) is 14.4. The number of halogens is 1. The molecule has 2 nitrogen and oxygen atoms in total. The van der Waals surface area contributed by atoms with Crippen molar-refractivity contribution in [3.63, 3.8) is 0 Å². The molecule has 2 aromatic rings. The normalized spacial score (nSPS) is 12.2. The third-order valence-corrected chi connectivity index (χ3v) is 3.80. The third kappa shape index (κ3) is 3.75. The Hall–Kier alpha value is -1.51. The lowest BCUT2D eigenvalue weighted by Crippen LogP contribution is -2.17. The van der Waals surface area contributed by atoms with Gasteiger partial charge in [0.15, 0.2) is 0 Å². The minimum Gasteiger partial charge on any atom is -0.495 e. The van der Waals surface area contributed by atoms with E-state index in [0.717, 1.165) is 18.6 Å². The lowest BCUT2D eigenvalue weighted by Gasteiger charge is -2.18. The van der Waals surface area contributed by atoms with E-state index in [2.05, 4.69) is 35.6 Å². The summed E-state index contributed by atoms with van der Waals surface area (Å²) in [5, 5.41) is 4.01. The molecular weight excluding hydrogens is 270 g/mol. The Labute approximate surface area is 125 Å². The summed E-state index contributed by atoms with van der Waals surface area (Å²) < 4.78 is 5.28. The largest absolute Gasteiger partial charge is 0.495 e. The highest BCUT2D eigenvalue weighted by atomic mass is 35.5. The first-order valence-electron chi connectivity index (χ1n) is 6.79. The van der Waals surface area contributed by atoms with Gasteiger partial charge >= 0.3 is 0 Å². The highest BCUT2D eigenvalue weighted by Crippen LogP contribution is 2.29. The summed E-state index contributed by atoms with van der Waals surface area (Å²) in [5.74, 6) is 0.726. The highest BCUT2D eigenvalue weighted by molar-refractivity contribution is 6.32. The number of aryl methyl sites for hydroxylation is 1. The van der Waals surface area contributed by atoms with E-state index in [-0.39, 0.29) is 0 Å². The molecule has 0 aliphatic carbocycles. The molecular formula is C17H20ClNO. The number of nitrogens with one attached hydrogen (secondary N) is 1. The number of ether oxygens (including phenoxy) is 1. The van der Waals surface area contributed by atoms with Crippen LogP contribution in [0, 0.1) is 0 Å². The van der Waals surface area contributed by atoms with Crippen molar-refractivity contribution in [2.24, 2.45) is 0 Å². The van der Waals surface area contributed by atoms with Crippen molar-refractivity contribution >= 4 is 11.6 Å². The predicted octanol–water partition coefficient (Wildman–Crippen LogP) is 4.24. The van der Waals surface area contributed by atoms with Gasteiger partial charge in [-0.25, -0.2) is 0 Å². The predicted molar refractivity (Wildman–Crippen MR) is 84.6 cm³/mol. The Morgan fingerprint density at radius 3 is 2.55 bits per heavy atom. The van der Waals surface area contributed by atoms with E-state index in [4.69, 9.17) is 16.3 Å². The van der Waals surface area contributed by atoms with Crippen LogP contribution >= 0.6 is 11.6 Å². The van der Waals surface area contributed by atoms with E-state index in [1.807, 2.05) is 25.2 Å². The molecule has 0 aromatic heterocycles. The zero-order valence-corrected chi connectivity index (χ0v) is 12.7. The molecule has 1 unspecified atom stereocenters. The third-order valence-electron chi connectivity index (χ3n) is 3.49. The van der Waals surface area contributed by atoms with Crippen molar-refractivity contribution in [1.29, 1.82) is 0 Å². The molecule has 1 atom stereocenters. The molecule has 0 aliphatic rings. The van der Waals surface area contributed by atoms with Crippen LogP contribution in [0.2, 0.25) is 5.02 Å². The fraction of sp³-hybridized carbons (Fsp3) is 0.294. The molecule has 2 aromatic carbocycles. The van der Waals surface area contributed by atoms with Crippen LogP contribution in [-0.4, -0.2) is 14.2 Å². The Morgan fingerprint density at radius 2 is 1.90 bits per heavy atom. The van der Waals surface area contributed by atoms with Crippen LogP contribution in [0.25, 0.3) is 0 Å². The van der Waals surface area contributed by atoms with Gasteiger partial charge in [-0.05, 0) is 43.1 Å². The van der Waals surface area contributed by atoms with E-state index in [1.165, 1.54) is 11.1 Å². The van der Waals surface area contributed by atoms with Gasteiger partial charge in [0.1, 0.15) is 5.75 Å². The second-order valence-corrected chi connectivity index (χ2v) is 5.17. The molecule has 0 radical (unpaired) electrons. The molecule has 0 spiro atoms. The number of benzene rings is 2. The van der Waals surface area contributed by atoms with Crippen LogP contribution in [0.1, 0.15) is 23.6 Å². The SMILES string of the molecule is CNC(CCc1ccccc1)c1ccc(Cl)c(OC)c1. The molecule has 0 saturated carbocycles. The quantitative estimate of drug-likeness (QED) is 0.859. The van der Waals surface area contributed by atoms with Crippen LogP contribution in [0.15, 0.2) is 48.5 Å². The molecule has 106 valence electrons. The topological polar surface area (TPSA) is 21.3 Å². The van der Waals surface area contributed by atoms with Crippen LogP contribution in [0.3, 0.4) is 0 Å². The Balaban J connectivity index is 2.08. The number of rotatable bonds is 6. The Morgan fingerprint density at radius 1 is 1.15 bits per heavy atom. The van der Waals surface area contributed by atoms with Gasteiger partial charge in [-0.15, -0.1) is 0 Å². The molecule has 0 bridgehead atoms. The first-order valence-corrected chi connectivity index (χ1v) is 7.17. The van der Waals surface area contributed by atoms with Crippen molar-refractivity contribution in [2.45, 2.75) is 18.9 Å². The minimum absolute atomic E-state index is 0.293. The maximum atomic E-state index is 6.07. The summed E-state index contributed by atoms with van der Waals surface area (Å²) in [5.41, 5.74) is 2.55. The fourth-order valence-electron chi connectivity index (χ4n) is 2.33. The lowest BCUT2D eigenvalue weighted by molar-refractivity contribution is 0.413. The van der Waals surface area contributed by atoms with Crippen LogP contribution in [0.4, 0.5) is 0 Å². The van der Waals surface area contributed by atoms with Crippen molar-refractivity contribution in [3.05, 3.63) is 64.7 Å². The van der Waals surface area contributed by atoms with E-state index in [1.54, 1.807) is 7.11 Å². The van der Waals surface area contributed by atoms with E-state index < -0.39 is 0 Å². The van der Waals surface area contributed by atoms with Gasteiger partial charge in [-0.3, -0.25) is 0 Å². The molecule has 0 aliphatic heterocycles. The van der Waals surface area contributed by atoms with Gasteiger partial charge in [0, 0.05) is 6.04 Å². The fourth-order valence-corrected chi connectivity index (χ4v) is 2.52. The summed E-state index contributed by atoms with van der Waals surface area (Å²) >= 11 is 6.07. The average molecular weight is 290 g/mol. The second-order valence-electron chi connectivity index (χ2n) is 4.76. The van der Waals surface area contributed by atoms with Crippen molar-refractivity contribution in [3.8, 4) is 5.75 Å². The van der Waals surface area contributed by atoms with Crippen molar-refractivity contribution in [2.75, 3.05) is 14.2 Å². The van der Waals surface area contributed by atoms with Gasteiger partial charge in [0.05, 0.1) is 12.1 Å². The molecule has 0 saturated heterocycles. The van der Waals surface area contributed by atoms with Crippen LogP contribution < -0.4 is 10.1 Å². The minimum atomic E-state index is 0.293. The maximum Gasteiger partial charge on any atom is 0.137 e. The number of methoxy groups -OCH3 is 1. The lowest BCUT2D eigenvalue weighted by atomic mass is 9.99. The van der Waals surface area contributed by atoms with Gasteiger partial charge < -0.3 is 10.1 Å². The molecule has 20 heavy (non-hydrogen) atoms. The van der Waals surface area contributed by atoms with Gasteiger partial charge in [0.2, 0.25) is 0 Å². The first kappa shape index (κ1) is 14.9. The van der Waals surface area contributed by atoms with Crippen molar-refractivity contribution < 1.29 is 4.74 Å². The van der Waals surface area contributed by atoms with Gasteiger partial charge in [0.25, 0.3) is 0 Å². The van der Waals surface area contributed by atoms with Gasteiger partial charge in [-0.1, -0.05) is 48.0 Å². The summed E-state index contributed by atoms with van der Waals surface area (Å²) in [6.45, 7) is 0. The van der Waals surface area contributed by atoms with Gasteiger partial charge in [-0.2, -0.15) is 0 Å². The Kier molecular flexibility index (Phi) is 5.45. The molecule has 3 heteroatoms. The molecule has 0 heterocycles. The van der Waals surface area contributed by atoms with E-state index in [0.29, 0.717) is 11.1 Å². The molecule has 1 N–H and O–H groups in total. The van der Waals surface area contributed by atoms with Crippen molar-refractivity contribution in [1.82, 2.24) is 5.32 Å². The summed E-state index contributed by atoms with van der Waals surface area (Å²) in [6.07, 6.45) is 2.07. The smallest absolute Gasteiger partial charge is 0.137 e. The monoisotopic (exact) mass is 289 g/mol. The molecule has 2 rings (SSSR count). The highest BCUT2D eigenvalue weighted by Gasteiger charge is 2.11. The van der Waals surface area contributed by atoms with Crippen LogP contribution in [-0.2, 0) is 6.42 Å². The summed E-state index contributed by atoms with van der Waals surface area (Å²) in [4.78, 5) is 0. The summed E-state index contributed by atoms with van der Waals surface area (Å²) in [7, 11) is 3.63. The zero-order valence-electron chi connectivity index (χ0n) is 11.9. The van der Waals surface area contributed by atoms with E-state index >= 15 is 0 Å². The summed E-state index contributed by atoms with van der Waals surface area (Å²) in [6, 6.07) is 16.8. The average Bonchev–Trinajstić information content (AvgIpc) is 2.50. The molecule has 0 amide bonds. The molecule has 0 fully saturated rings. The second kappa shape index (κ2) is 7.32. The maximum absolute atomic E-state index is 6.07. The number of hydrogen-bond acceptors (Lipinski definition) is 2. The standard InChI is InChI=1S/C17H20ClNO/c1-19-16(11-8-13-6-4-3-5-7-13)14-9-10-15(18)17(12-14)20-2/h3-7,9-10,12,16,19H,8,11H2,1-2H3. The Bertz CT molecular complexity index is 542. The first-order chi connectivity index (χ1) is 9.74. The van der Waals surface area contributed by atoms with Crippen LogP contribution in [0.5, 0.6) is 5.75 Å². The van der Waals surface area contributed by atoms with E-state index in [9.17, 15) is 0 Å².